The molecule has 4 heteroatoms. The molecule has 1 aromatic rings. The Bertz CT molecular complexity index is 389. The Morgan fingerprint density at radius 3 is 2.92 bits per heavy atom. The van der Waals surface area contributed by atoms with Crippen LogP contribution in [0.3, 0.4) is 0 Å². The van der Waals surface area contributed by atoms with Gasteiger partial charge in [0.15, 0.2) is 0 Å². The van der Waals surface area contributed by atoms with Gasteiger partial charge in [0.25, 0.3) is 0 Å². The minimum Gasteiger partial charge on any atom is -0.338 e. The minimum atomic E-state index is -0.189. The summed E-state index contributed by atoms with van der Waals surface area (Å²) in [4.78, 5) is 13.7. The first-order valence-electron chi connectivity index (χ1n) is 4.73. The number of aromatic nitrogens is 1. The lowest BCUT2D eigenvalue weighted by Gasteiger charge is -2.19. The number of fused-ring (bicyclic) bond motifs is 1. The SMILES string of the molecule is CC1c2c([nH]oc2=O)CN1C1CC1. The molecule has 1 aromatic heterocycles. The summed E-state index contributed by atoms with van der Waals surface area (Å²) in [6.45, 7) is 2.93. The molecule has 0 spiro atoms. The van der Waals surface area contributed by atoms with Crippen LogP contribution in [0.15, 0.2) is 9.32 Å². The average Bonchev–Trinajstić information content (AvgIpc) is 2.80. The van der Waals surface area contributed by atoms with Gasteiger partial charge < -0.3 is 4.52 Å². The van der Waals surface area contributed by atoms with E-state index in [9.17, 15) is 4.79 Å². The summed E-state index contributed by atoms with van der Waals surface area (Å²) in [5.41, 5.74) is 1.63. The van der Waals surface area contributed by atoms with Gasteiger partial charge in [-0.15, -0.1) is 0 Å². The van der Waals surface area contributed by atoms with Gasteiger partial charge in [-0.05, 0) is 19.8 Å². The minimum absolute atomic E-state index is 0.189. The molecule has 1 saturated carbocycles. The predicted octanol–water partition coefficient (Wildman–Crippen LogP) is 1.01. The van der Waals surface area contributed by atoms with Crippen molar-refractivity contribution in [3.63, 3.8) is 0 Å². The molecule has 0 amide bonds. The maximum absolute atomic E-state index is 11.3. The first kappa shape index (κ1) is 7.38. The van der Waals surface area contributed by atoms with Crippen molar-refractivity contribution in [2.24, 2.45) is 0 Å². The Labute approximate surface area is 75.5 Å². The Morgan fingerprint density at radius 1 is 1.54 bits per heavy atom. The quantitative estimate of drug-likeness (QED) is 0.701. The molecule has 0 radical (unpaired) electrons. The summed E-state index contributed by atoms with van der Waals surface area (Å²) >= 11 is 0. The summed E-state index contributed by atoms with van der Waals surface area (Å²) in [6.07, 6.45) is 2.56. The number of rotatable bonds is 1. The Morgan fingerprint density at radius 2 is 2.31 bits per heavy atom. The molecule has 1 N–H and O–H groups in total. The average molecular weight is 180 g/mol. The van der Waals surface area contributed by atoms with Crippen molar-refractivity contribution in [3.8, 4) is 0 Å². The lowest BCUT2D eigenvalue weighted by atomic mass is 10.2. The number of nitrogens with zero attached hydrogens (tertiary/aromatic N) is 1. The molecule has 1 aliphatic heterocycles. The third-order valence-corrected chi connectivity index (χ3v) is 3.08. The summed E-state index contributed by atoms with van der Waals surface area (Å²) in [5, 5.41) is 2.70. The van der Waals surface area contributed by atoms with Crippen molar-refractivity contribution >= 4 is 0 Å². The maximum Gasteiger partial charge on any atom is 0.362 e. The molecule has 4 nitrogen and oxygen atoms in total. The lowest BCUT2D eigenvalue weighted by molar-refractivity contribution is 0.205. The molecule has 1 fully saturated rings. The van der Waals surface area contributed by atoms with E-state index in [4.69, 9.17) is 4.52 Å². The van der Waals surface area contributed by atoms with E-state index in [2.05, 4.69) is 17.0 Å². The molecular formula is C9H12N2O2. The largest absolute Gasteiger partial charge is 0.362 e. The molecule has 1 aliphatic carbocycles. The topological polar surface area (TPSA) is 49.2 Å². The first-order chi connectivity index (χ1) is 6.27. The maximum atomic E-state index is 11.3. The van der Waals surface area contributed by atoms with E-state index in [-0.39, 0.29) is 11.7 Å². The molecule has 2 heterocycles. The van der Waals surface area contributed by atoms with Crippen LogP contribution in [0.5, 0.6) is 0 Å². The fraction of sp³-hybridized carbons (Fsp3) is 0.667. The number of H-pyrrole nitrogens is 1. The van der Waals surface area contributed by atoms with Crippen LogP contribution >= 0.6 is 0 Å². The fourth-order valence-electron chi connectivity index (χ4n) is 2.22. The van der Waals surface area contributed by atoms with E-state index >= 15 is 0 Å². The van der Waals surface area contributed by atoms with Gasteiger partial charge >= 0.3 is 5.63 Å². The molecule has 3 rings (SSSR count). The number of nitrogens with one attached hydrogen (secondary N) is 1. The van der Waals surface area contributed by atoms with E-state index in [0.29, 0.717) is 6.04 Å². The van der Waals surface area contributed by atoms with Gasteiger partial charge in [0.1, 0.15) is 0 Å². The molecular weight excluding hydrogens is 168 g/mol. The molecule has 70 valence electrons. The molecule has 1 atom stereocenters. The van der Waals surface area contributed by atoms with Crippen molar-refractivity contribution in [1.29, 1.82) is 0 Å². The Hall–Kier alpha value is -1.03. The van der Waals surface area contributed by atoms with Crippen molar-refractivity contribution in [1.82, 2.24) is 10.1 Å². The van der Waals surface area contributed by atoms with Crippen LogP contribution in [0, 0.1) is 0 Å². The van der Waals surface area contributed by atoms with Crippen LogP contribution in [0.4, 0.5) is 0 Å². The molecule has 13 heavy (non-hydrogen) atoms. The van der Waals surface area contributed by atoms with Gasteiger partial charge in [0.2, 0.25) is 0 Å². The zero-order valence-electron chi connectivity index (χ0n) is 7.54. The van der Waals surface area contributed by atoms with Gasteiger partial charge in [-0.1, -0.05) is 0 Å². The van der Waals surface area contributed by atoms with E-state index in [1.165, 1.54) is 12.8 Å². The van der Waals surface area contributed by atoms with E-state index in [0.717, 1.165) is 17.8 Å². The zero-order valence-corrected chi connectivity index (χ0v) is 7.54. The normalized spacial score (nSPS) is 27.9. The molecule has 2 aliphatic rings. The van der Waals surface area contributed by atoms with Gasteiger partial charge in [0.05, 0.1) is 11.3 Å². The van der Waals surface area contributed by atoms with Gasteiger partial charge in [-0.3, -0.25) is 4.90 Å². The van der Waals surface area contributed by atoms with Crippen molar-refractivity contribution in [2.45, 2.75) is 38.4 Å². The number of aromatic amines is 1. The highest BCUT2D eigenvalue weighted by Crippen LogP contribution is 2.39. The third-order valence-electron chi connectivity index (χ3n) is 3.08. The van der Waals surface area contributed by atoms with Crippen molar-refractivity contribution in [3.05, 3.63) is 21.7 Å². The van der Waals surface area contributed by atoms with Gasteiger partial charge in [-0.25, -0.2) is 9.95 Å². The predicted molar refractivity (Wildman–Crippen MR) is 46.3 cm³/mol. The summed E-state index contributed by atoms with van der Waals surface area (Å²) in [5.74, 6) is 0. The number of hydrogen-bond donors (Lipinski definition) is 1. The van der Waals surface area contributed by atoms with Crippen LogP contribution < -0.4 is 5.63 Å². The Balaban J connectivity index is 2.01. The molecule has 0 aromatic carbocycles. The second-order valence-electron chi connectivity index (χ2n) is 3.96. The van der Waals surface area contributed by atoms with Gasteiger partial charge in [0, 0.05) is 18.6 Å². The van der Waals surface area contributed by atoms with Crippen LogP contribution in [0.2, 0.25) is 0 Å². The second-order valence-corrected chi connectivity index (χ2v) is 3.96. The van der Waals surface area contributed by atoms with E-state index in [1.807, 2.05) is 0 Å². The van der Waals surface area contributed by atoms with Crippen LogP contribution in [0.25, 0.3) is 0 Å². The van der Waals surface area contributed by atoms with Crippen molar-refractivity contribution in [2.75, 3.05) is 0 Å². The Kier molecular flexibility index (Phi) is 1.28. The van der Waals surface area contributed by atoms with Gasteiger partial charge in [-0.2, -0.15) is 0 Å². The highest BCUT2D eigenvalue weighted by atomic mass is 16.5. The summed E-state index contributed by atoms with van der Waals surface area (Å²) < 4.78 is 4.75. The van der Waals surface area contributed by atoms with Crippen molar-refractivity contribution < 1.29 is 4.52 Å². The summed E-state index contributed by atoms with van der Waals surface area (Å²) in [7, 11) is 0. The monoisotopic (exact) mass is 180 g/mol. The van der Waals surface area contributed by atoms with Crippen LogP contribution in [-0.4, -0.2) is 16.1 Å². The third kappa shape index (κ3) is 0.920. The molecule has 0 bridgehead atoms. The standard InChI is InChI=1S/C9H12N2O2/c1-5-8-7(10-13-9(8)12)4-11(5)6-2-3-6/h5-6,10H,2-4H2,1H3. The fourth-order valence-corrected chi connectivity index (χ4v) is 2.22. The highest BCUT2D eigenvalue weighted by Gasteiger charge is 2.40. The van der Waals surface area contributed by atoms with E-state index in [1.54, 1.807) is 0 Å². The first-order valence-corrected chi connectivity index (χ1v) is 4.73. The molecule has 1 unspecified atom stereocenters. The van der Waals surface area contributed by atoms with Crippen LogP contribution in [0.1, 0.15) is 37.1 Å². The zero-order chi connectivity index (χ0) is 9.00. The smallest absolute Gasteiger partial charge is 0.338 e. The summed E-state index contributed by atoms with van der Waals surface area (Å²) in [6, 6.07) is 0.945. The lowest BCUT2D eigenvalue weighted by Crippen LogP contribution is -2.24. The highest BCUT2D eigenvalue weighted by molar-refractivity contribution is 5.25. The molecule has 0 saturated heterocycles. The van der Waals surface area contributed by atoms with Crippen LogP contribution in [-0.2, 0) is 6.54 Å². The number of hydrogen-bond acceptors (Lipinski definition) is 3. The van der Waals surface area contributed by atoms with E-state index < -0.39 is 0 Å². The second kappa shape index (κ2) is 2.26.